The summed E-state index contributed by atoms with van der Waals surface area (Å²) in [5.41, 5.74) is 12.2. The van der Waals surface area contributed by atoms with Crippen molar-refractivity contribution in [1.82, 2.24) is 0 Å². The van der Waals surface area contributed by atoms with Gasteiger partial charge >= 0.3 is 0 Å². The van der Waals surface area contributed by atoms with Crippen LogP contribution >= 0.6 is 0 Å². The third-order valence-electron chi connectivity index (χ3n) is 12.2. The summed E-state index contributed by atoms with van der Waals surface area (Å²) in [5, 5.41) is 12.4. The molecule has 0 atom stereocenters. The molecule has 3 heteroatoms. The highest BCUT2D eigenvalue weighted by molar-refractivity contribution is 6.26. The molecule has 59 heavy (non-hydrogen) atoms. The molecule has 0 fully saturated rings. The van der Waals surface area contributed by atoms with Crippen molar-refractivity contribution in [3.63, 3.8) is 0 Å². The number of rotatable bonds is 4. The summed E-state index contributed by atoms with van der Waals surface area (Å²) in [7, 11) is 0. The molecule has 0 radical (unpaired) electrons. The fourth-order valence-corrected chi connectivity index (χ4v) is 9.61. The minimum atomic E-state index is 0.787. The molecule has 0 bridgehead atoms. The van der Waals surface area contributed by atoms with E-state index in [0.717, 1.165) is 116 Å². The molecule has 0 N–H and O–H groups in total. The van der Waals surface area contributed by atoms with Crippen molar-refractivity contribution in [1.29, 1.82) is 0 Å². The van der Waals surface area contributed by atoms with Gasteiger partial charge in [0, 0.05) is 55.1 Å². The highest BCUT2D eigenvalue weighted by atomic mass is 16.3. The van der Waals surface area contributed by atoms with Crippen molar-refractivity contribution >= 4 is 87.2 Å². The molecule has 13 aromatic rings. The monoisotopic (exact) mass is 752 g/mol. The summed E-state index contributed by atoms with van der Waals surface area (Å²) in [6.07, 6.45) is 0. The third-order valence-corrected chi connectivity index (χ3v) is 12.2. The molecule has 3 aromatic heterocycles. The number of para-hydroxylation sites is 2. The number of benzene rings is 10. The lowest BCUT2D eigenvalue weighted by Gasteiger charge is -2.18. The van der Waals surface area contributed by atoms with Gasteiger partial charge < -0.3 is 13.3 Å². The van der Waals surface area contributed by atoms with Gasteiger partial charge in [0.25, 0.3) is 0 Å². The molecular formula is C56H32O3. The molecule has 0 amide bonds. The summed E-state index contributed by atoms with van der Waals surface area (Å²) in [4.78, 5) is 0. The molecule has 0 saturated carbocycles. The molecule has 0 saturated heterocycles. The molecule has 3 nitrogen and oxygen atoms in total. The standard InChI is InChI=1S/C56H32O3/c1-2-13-33(14-3-1)34-15-12-16-37(29-34)55-54(47-31-46-40-18-9-10-23-48(40)57-50(46)32-51(47)59-55)53-43-21-6-4-19-41(43)52(42-20-5-7-22-44(42)53)36-26-27-38-35(30-36)25-28-45-39-17-8-11-24-49(39)58-56(38)45/h1-32H. The molecule has 0 spiro atoms. The fraction of sp³-hybridized carbons (Fsp3) is 0. The Bertz CT molecular complexity index is 3780. The maximum absolute atomic E-state index is 7.08. The van der Waals surface area contributed by atoms with E-state index in [1.807, 2.05) is 24.3 Å². The number of hydrogen-bond donors (Lipinski definition) is 0. The van der Waals surface area contributed by atoms with Gasteiger partial charge in [0.2, 0.25) is 0 Å². The SMILES string of the molecule is c1ccc(-c2cccc(-c3oc4cc5oc6ccccc6c5cc4c3-c3c4ccccc4c(-c4ccc5c(ccc6c7ccccc7oc56)c4)c4ccccc34)c2)cc1. The van der Waals surface area contributed by atoms with Crippen molar-refractivity contribution in [3.05, 3.63) is 194 Å². The predicted octanol–water partition coefficient (Wildman–Crippen LogP) is 16.4. The Labute approximate surface area is 337 Å². The first-order valence-electron chi connectivity index (χ1n) is 20.1. The molecule has 10 aromatic carbocycles. The lowest BCUT2D eigenvalue weighted by molar-refractivity contribution is 0.629. The normalized spacial score (nSPS) is 12.1. The van der Waals surface area contributed by atoms with Crippen LogP contribution in [-0.4, -0.2) is 0 Å². The minimum Gasteiger partial charge on any atom is -0.456 e. The number of hydrogen-bond acceptors (Lipinski definition) is 3. The van der Waals surface area contributed by atoms with Crippen LogP contribution in [0.4, 0.5) is 0 Å². The summed E-state index contributed by atoms with van der Waals surface area (Å²) >= 11 is 0. The zero-order valence-corrected chi connectivity index (χ0v) is 31.7. The summed E-state index contributed by atoms with van der Waals surface area (Å²) < 4.78 is 19.9. The number of fused-ring (bicyclic) bond motifs is 11. The van der Waals surface area contributed by atoms with Gasteiger partial charge in [-0.2, -0.15) is 0 Å². The second kappa shape index (κ2) is 12.3. The second-order valence-electron chi connectivity index (χ2n) is 15.5. The van der Waals surface area contributed by atoms with Crippen LogP contribution in [-0.2, 0) is 0 Å². The zero-order valence-electron chi connectivity index (χ0n) is 31.7. The van der Waals surface area contributed by atoms with E-state index in [0.29, 0.717) is 0 Å². The maximum atomic E-state index is 7.08. The minimum absolute atomic E-state index is 0.787. The van der Waals surface area contributed by atoms with Crippen molar-refractivity contribution in [2.45, 2.75) is 0 Å². The van der Waals surface area contributed by atoms with E-state index in [1.165, 1.54) is 16.3 Å². The molecule has 13 rings (SSSR count). The van der Waals surface area contributed by atoms with Gasteiger partial charge in [-0.15, -0.1) is 0 Å². The molecule has 274 valence electrons. The molecule has 0 aliphatic carbocycles. The van der Waals surface area contributed by atoms with Gasteiger partial charge in [-0.05, 0) is 91.6 Å². The summed E-state index contributed by atoms with van der Waals surface area (Å²) in [5.74, 6) is 0.832. The molecule has 0 unspecified atom stereocenters. The van der Waals surface area contributed by atoms with Crippen LogP contribution in [0.2, 0.25) is 0 Å². The van der Waals surface area contributed by atoms with E-state index in [4.69, 9.17) is 13.3 Å². The van der Waals surface area contributed by atoms with E-state index >= 15 is 0 Å². The first kappa shape index (κ1) is 32.2. The van der Waals surface area contributed by atoms with Gasteiger partial charge in [-0.1, -0.05) is 146 Å². The van der Waals surface area contributed by atoms with Crippen molar-refractivity contribution in [2.75, 3.05) is 0 Å². The van der Waals surface area contributed by atoms with E-state index in [2.05, 4.69) is 170 Å². The molecule has 3 heterocycles. The summed E-state index contributed by atoms with van der Waals surface area (Å²) in [6, 6.07) is 69.1. The fourth-order valence-electron chi connectivity index (χ4n) is 9.61. The maximum Gasteiger partial charge on any atom is 0.143 e. The average molecular weight is 753 g/mol. The van der Waals surface area contributed by atoms with Crippen LogP contribution in [0.25, 0.3) is 132 Å². The smallest absolute Gasteiger partial charge is 0.143 e. The van der Waals surface area contributed by atoms with Gasteiger partial charge in [-0.3, -0.25) is 0 Å². The lowest BCUT2D eigenvalue weighted by Crippen LogP contribution is -1.92. The van der Waals surface area contributed by atoms with Crippen molar-refractivity contribution in [2.24, 2.45) is 0 Å². The Hall–Kier alpha value is -7.88. The van der Waals surface area contributed by atoms with Crippen molar-refractivity contribution in [3.8, 4) is 44.7 Å². The van der Waals surface area contributed by atoms with Gasteiger partial charge in [0.05, 0.1) is 0 Å². The third kappa shape index (κ3) is 4.76. The van der Waals surface area contributed by atoms with E-state index in [1.54, 1.807) is 0 Å². The zero-order chi connectivity index (χ0) is 38.6. The van der Waals surface area contributed by atoms with E-state index < -0.39 is 0 Å². The highest BCUT2D eigenvalue weighted by Gasteiger charge is 2.26. The van der Waals surface area contributed by atoms with Crippen LogP contribution in [0, 0.1) is 0 Å². The Balaban J connectivity index is 1.11. The topological polar surface area (TPSA) is 39.4 Å². The van der Waals surface area contributed by atoms with Gasteiger partial charge in [0.1, 0.15) is 33.7 Å². The first-order valence-corrected chi connectivity index (χ1v) is 20.1. The highest BCUT2D eigenvalue weighted by Crippen LogP contribution is 2.51. The van der Waals surface area contributed by atoms with Crippen LogP contribution in [0.15, 0.2) is 207 Å². The van der Waals surface area contributed by atoms with E-state index in [9.17, 15) is 0 Å². The Morgan fingerprint density at radius 3 is 1.56 bits per heavy atom. The lowest BCUT2D eigenvalue weighted by atomic mass is 9.84. The van der Waals surface area contributed by atoms with Crippen LogP contribution in [0.5, 0.6) is 0 Å². The molecular weight excluding hydrogens is 721 g/mol. The van der Waals surface area contributed by atoms with Gasteiger partial charge in [-0.25, -0.2) is 0 Å². The largest absolute Gasteiger partial charge is 0.456 e. The molecule has 0 aliphatic rings. The Kier molecular flexibility index (Phi) is 6.72. The average Bonchev–Trinajstić information content (AvgIpc) is 3.98. The summed E-state index contributed by atoms with van der Waals surface area (Å²) in [6.45, 7) is 0. The van der Waals surface area contributed by atoms with Gasteiger partial charge in [0.15, 0.2) is 0 Å². The van der Waals surface area contributed by atoms with Crippen LogP contribution in [0.1, 0.15) is 0 Å². The van der Waals surface area contributed by atoms with Crippen LogP contribution < -0.4 is 0 Å². The number of furan rings is 3. The molecule has 0 aliphatic heterocycles. The Morgan fingerprint density at radius 1 is 0.237 bits per heavy atom. The Morgan fingerprint density at radius 2 is 0.814 bits per heavy atom. The first-order chi connectivity index (χ1) is 29.2. The predicted molar refractivity (Wildman–Crippen MR) is 245 cm³/mol. The van der Waals surface area contributed by atoms with Crippen LogP contribution in [0.3, 0.4) is 0 Å². The van der Waals surface area contributed by atoms with Crippen molar-refractivity contribution < 1.29 is 13.3 Å². The second-order valence-corrected chi connectivity index (χ2v) is 15.5. The quantitative estimate of drug-likeness (QED) is 0.168. The van der Waals surface area contributed by atoms with E-state index in [-0.39, 0.29) is 0 Å².